The first-order valence-electron chi connectivity index (χ1n) is 7.74. The van der Waals surface area contributed by atoms with Crippen LogP contribution in [0.1, 0.15) is 17.0 Å². The molecule has 0 unspecified atom stereocenters. The van der Waals surface area contributed by atoms with E-state index in [4.69, 9.17) is 0 Å². The average Bonchev–Trinajstić information content (AvgIpc) is 3.04. The zero-order valence-electron chi connectivity index (χ0n) is 14.3. The molecule has 0 aliphatic carbocycles. The van der Waals surface area contributed by atoms with Gasteiger partial charge in [0, 0.05) is 11.9 Å². The number of nitrogens with one attached hydrogen (secondary N) is 1. The number of rotatable bonds is 5. The van der Waals surface area contributed by atoms with Crippen molar-refractivity contribution in [2.75, 3.05) is 11.6 Å². The molecular formula is C17H19N5O2S. The predicted molar refractivity (Wildman–Crippen MR) is 95.5 cm³/mol. The predicted octanol–water partition coefficient (Wildman–Crippen LogP) is 2.29. The normalized spacial score (nSPS) is 11.5. The summed E-state index contributed by atoms with van der Waals surface area (Å²) in [6.07, 6.45) is 1.18. The number of hydrogen-bond acceptors (Lipinski definition) is 6. The van der Waals surface area contributed by atoms with Gasteiger partial charge in [-0.1, -0.05) is 12.1 Å². The van der Waals surface area contributed by atoms with Crippen LogP contribution >= 0.6 is 0 Å². The van der Waals surface area contributed by atoms with Gasteiger partial charge in [-0.2, -0.15) is 4.68 Å². The lowest BCUT2D eigenvalue weighted by atomic mass is 10.1. The van der Waals surface area contributed by atoms with Crippen molar-refractivity contribution in [1.82, 2.24) is 20.2 Å². The highest BCUT2D eigenvalue weighted by atomic mass is 32.2. The molecule has 2 aromatic carbocycles. The topological polar surface area (TPSA) is 89.8 Å². The number of nitrogens with zero attached hydrogens (tertiary/aromatic N) is 4. The lowest BCUT2D eigenvalue weighted by Gasteiger charge is -2.11. The summed E-state index contributed by atoms with van der Waals surface area (Å²) in [4.78, 5) is 0.263. The third kappa shape index (κ3) is 3.69. The molecule has 8 heteroatoms. The molecule has 0 amide bonds. The molecule has 0 fully saturated rings. The van der Waals surface area contributed by atoms with E-state index < -0.39 is 9.84 Å². The Morgan fingerprint density at radius 1 is 1.08 bits per heavy atom. The minimum Gasteiger partial charge on any atom is -0.377 e. The van der Waals surface area contributed by atoms with E-state index >= 15 is 0 Å². The summed E-state index contributed by atoms with van der Waals surface area (Å²) in [6, 6.07) is 12.5. The van der Waals surface area contributed by atoms with Crippen molar-refractivity contribution in [3.8, 4) is 5.69 Å². The van der Waals surface area contributed by atoms with Crippen LogP contribution in [0, 0.1) is 13.8 Å². The lowest BCUT2D eigenvalue weighted by Crippen LogP contribution is -2.09. The number of hydrogen-bond donors (Lipinski definition) is 1. The molecule has 1 heterocycles. The molecule has 1 aromatic heterocycles. The van der Waals surface area contributed by atoms with Gasteiger partial charge >= 0.3 is 0 Å². The molecule has 3 rings (SSSR count). The number of aryl methyl sites for hydroxylation is 1. The SMILES string of the molecule is Cc1cccc(NCc2nnnn2-c2ccc(S(C)(=O)=O)cc2)c1C. The van der Waals surface area contributed by atoms with E-state index in [1.54, 1.807) is 28.9 Å². The van der Waals surface area contributed by atoms with Crippen LogP contribution in [0.4, 0.5) is 5.69 Å². The third-order valence-electron chi connectivity index (χ3n) is 4.09. The molecule has 3 aromatic rings. The van der Waals surface area contributed by atoms with Gasteiger partial charge in [-0.05, 0) is 65.7 Å². The summed E-state index contributed by atoms with van der Waals surface area (Å²) >= 11 is 0. The molecular weight excluding hydrogens is 338 g/mol. The minimum absolute atomic E-state index is 0.263. The van der Waals surface area contributed by atoms with Crippen LogP contribution in [0.25, 0.3) is 5.69 Å². The van der Waals surface area contributed by atoms with Gasteiger partial charge in [0.05, 0.1) is 17.1 Å². The summed E-state index contributed by atoms with van der Waals surface area (Å²) < 4.78 is 24.7. The van der Waals surface area contributed by atoms with Crippen LogP contribution in [0.15, 0.2) is 47.4 Å². The molecule has 0 aliphatic rings. The van der Waals surface area contributed by atoms with Gasteiger partial charge in [-0.3, -0.25) is 0 Å². The molecule has 130 valence electrons. The van der Waals surface area contributed by atoms with Crippen LogP contribution in [-0.2, 0) is 16.4 Å². The van der Waals surface area contributed by atoms with Crippen molar-refractivity contribution < 1.29 is 8.42 Å². The molecule has 25 heavy (non-hydrogen) atoms. The van der Waals surface area contributed by atoms with E-state index in [-0.39, 0.29) is 4.90 Å². The Balaban J connectivity index is 1.82. The second kappa shape index (κ2) is 6.64. The Hall–Kier alpha value is -2.74. The molecule has 0 aliphatic heterocycles. The van der Waals surface area contributed by atoms with Gasteiger partial charge in [0.2, 0.25) is 0 Å². The first kappa shape index (κ1) is 17.1. The van der Waals surface area contributed by atoms with Crippen LogP contribution in [0.5, 0.6) is 0 Å². The number of benzene rings is 2. The van der Waals surface area contributed by atoms with E-state index in [9.17, 15) is 8.42 Å². The Morgan fingerprint density at radius 3 is 2.48 bits per heavy atom. The zero-order valence-corrected chi connectivity index (χ0v) is 15.1. The summed E-state index contributed by atoms with van der Waals surface area (Å²) in [5.41, 5.74) is 4.12. The molecule has 0 radical (unpaired) electrons. The molecule has 0 spiro atoms. The molecule has 0 atom stereocenters. The monoisotopic (exact) mass is 357 g/mol. The Labute approximate surface area is 146 Å². The summed E-state index contributed by atoms with van der Waals surface area (Å²) in [6.45, 7) is 4.57. The van der Waals surface area contributed by atoms with Crippen LogP contribution in [0.2, 0.25) is 0 Å². The fourth-order valence-corrected chi connectivity index (χ4v) is 3.10. The molecule has 1 N–H and O–H groups in total. The standard InChI is InChI=1S/C17H19N5O2S/c1-12-5-4-6-16(13(12)2)18-11-17-19-20-21-22(17)14-7-9-15(10-8-14)25(3,23)24/h4-10,18H,11H2,1-3H3. The number of anilines is 1. The molecule has 0 bridgehead atoms. The van der Waals surface area contributed by atoms with Crippen molar-refractivity contribution in [2.45, 2.75) is 25.3 Å². The maximum Gasteiger partial charge on any atom is 0.175 e. The number of sulfone groups is 1. The Bertz CT molecular complexity index is 994. The van der Waals surface area contributed by atoms with Gasteiger partial charge in [-0.15, -0.1) is 5.10 Å². The largest absolute Gasteiger partial charge is 0.377 e. The zero-order chi connectivity index (χ0) is 18.0. The fraction of sp³-hybridized carbons (Fsp3) is 0.235. The number of tetrazole rings is 1. The van der Waals surface area contributed by atoms with Crippen molar-refractivity contribution >= 4 is 15.5 Å². The van der Waals surface area contributed by atoms with Gasteiger partial charge in [-0.25, -0.2) is 8.42 Å². The summed E-state index contributed by atoms with van der Waals surface area (Å²) in [7, 11) is -3.23. The molecule has 0 saturated heterocycles. The van der Waals surface area contributed by atoms with Crippen molar-refractivity contribution in [1.29, 1.82) is 0 Å². The maximum absolute atomic E-state index is 11.6. The first-order valence-corrected chi connectivity index (χ1v) is 9.63. The Morgan fingerprint density at radius 2 is 1.80 bits per heavy atom. The fourth-order valence-electron chi connectivity index (χ4n) is 2.47. The van der Waals surface area contributed by atoms with Crippen LogP contribution < -0.4 is 5.32 Å². The first-order chi connectivity index (χ1) is 11.9. The number of aromatic nitrogens is 4. The highest BCUT2D eigenvalue weighted by Gasteiger charge is 2.11. The van der Waals surface area contributed by atoms with E-state index in [2.05, 4.69) is 40.8 Å². The van der Waals surface area contributed by atoms with E-state index in [1.165, 1.54) is 17.4 Å². The van der Waals surface area contributed by atoms with Gasteiger partial charge in [0.15, 0.2) is 15.7 Å². The van der Waals surface area contributed by atoms with Gasteiger partial charge in [0.1, 0.15) is 0 Å². The smallest absolute Gasteiger partial charge is 0.175 e. The van der Waals surface area contributed by atoms with E-state index in [1.807, 2.05) is 12.1 Å². The second-order valence-corrected chi connectivity index (χ2v) is 7.89. The van der Waals surface area contributed by atoms with Crippen LogP contribution in [-0.4, -0.2) is 34.9 Å². The highest BCUT2D eigenvalue weighted by Crippen LogP contribution is 2.19. The highest BCUT2D eigenvalue weighted by molar-refractivity contribution is 7.90. The molecule has 0 saturated carbocycles. The van der Waals surface area contributed by atoms with Crippen molar-refractivity contribution in [3.63, 3.8) is 0 Å². The molecule has 7 nitrogen and oxygen atoms in total. The van der Waals surface area contributed by atoms with E-state index in [0.717, 1.165) is 5.69 Å². The van der Waals surface area contributed by atoms with Gasteiger partial charge in [0.25, 0.3) is 0 Å². The van der Waals surface area contributed by atoms with Gasteiger partial charge < -0.3 is 5.32 Å². The lowest BCUT2D eigenvalue weighted by molar-refractivity contribution is 0.602. The van der Waals surface area contributed by atoms with Crippen molar-refractivity contribution in [2.24, 2.45) is 0 Å². The minimum atomic E-state index is -3.23. The Kier molecular flexibility index (Phi) is 4.54. The average molecular weight is 357 g/mol. The second-order valence-electron chi connectivity index (χ2n) is 5.87. The van der Waals surface area contributed by atoms with Crippen molar-refractivity contribution in [3.05, 3.63) is 59.4 Å². The quantitative estimate of drug-likeness (QED) is 0.753. The third-order valence-corrected chi connectivity index (χ3v) is 5.21. The van der Waals surface area contributed by atoms with E-state index in [0.29, 0.717) is 18.1 Å². The van der Waals surface area contributed by atoms with Crippen LogP contribution in [0.3, 0.4) is 0 Å². The maximum atomic E-state index is 11.6. The summed E-state index contributed by atoms with van der Waals surface area (Å²) in [5, 5.41) is 15.1. The summed E-state index contributed by atoms with van der Waals surface area (Å²) in [5.74, 6) is 0.632.